The van der Waals surface area contributed by atoms with E-state index in [4.69, 9.17) is 23.8 Å². The molecule has 0 saturated heterocycles. The van der Waals surface area contributed by atoms with E-state index in [1.54, 1.807) is 0 Å². The summed E-state index contributed by atoms with van der Waals surface area (Å²) < 4.78 is 12.8. The number of furan rings is 2. The maximum absolute atomic E-state index is 6.63. The Morgan fingerprint density at radius 3 is 1.81 bits per heavy atom. The van der Waals surface area contributed by atoms with Gasteiger partial charge in [0.25, 0.3) is 0 Å². The zero-order chi connectivity index (χ0) is 31.6. The molecule has 0 aliphatic heterocycles. The van der Waals surface area contributed by atoms with Crippen LogP contribution in [0.2, 0.25) is 0 Å². The zero-order valence-electron chi connectivity index (χ0n) is 25.6. The van der Waals surface area contributed by atoms with Crippen molar-refractivity contribution in [3.8, 4) is 45.3 Å². The third-order valence-electron chi connectivity index (χ3n) is 9.12. The molecule has 5 nitrogen and oxygen atoms in total. The Morgan fingerprint density at radius 2 is 0.979 bits per heavy atom. The summed E-state index contributed by atoms with van der Waals surface area (Å²) in [5.74, 6) is 1.75. The molecule has 0 aliphatic rings. The lowest BCUT2D eigenvalue weighted by Crippen LogP contribution is -2.00. The second-order valence-corrected chi connectivity index (χ2v) is 12.0. The lowest BCUT2D eigenvalue weighted by molar-refractivity contribution is 0.669. The lowest BCUT2D eigenvalue weighted by Gasteiger charge is -2.10. The van der Waals surface area contributed by atoms with E-state index in [0.29, 0.717) is 17.5 Å². The van der Waals surface area contributed by atoms with Gasteiger partial charge in [-0.3, -0.25) is 0 Å². The van der Waals surface area contributed by atoms with Crippen molar-refractivity contribution in [3.63, 3.8) is 0 Å². The van der Waals surface area contributed by atoms with Crippen molar-refractivity contribution in [2.24, 2.45) is 0 Å². The first-order valence-electron chi connectivity index (χ1n) is 15.9. The summed E-state index contributed by atoms with van der Waals surface area (Å²) in [6.07, 6.45) is 0. The Balaban J connectivity index is 1.21. The molecule has 3 heterocycles. The molecule has 10 rings (SSSR count). The van der Waals surface area contributed by atoms with Gasteiger partial charge < -0.3 is 8.83 Å². The molecule has 0 unspecified atom stereocenters. The van der Waals surface area contributed by atoms with Crippen molar-refractivity contribution in [2.45, 2.75) is 0 Å². The van der Waals surface area contributed by atoms with Crippen molar-refractivity contribution in [3.05, 3.63) is 152 Å². The van der Waals surface area contributed by atoms with Gasteiger partial charge in [0.1, 0.15) is 22.3 Å². The predicted octanol–water partition coefficient (Wildman–Crippen LogP) is 11.5. The fraction of sp³-hybridized carbons (Fsp3) is 0. The molecule has 48 heavy (non-hydrogen) atoms. The molecular formula is C43H25N3O2. The van der Waals surface area contributed by atoms with Crippen LogP contribution < -0.4 is 0 Å². The fourth-order valence-electron chi connectivity index (χ4n) is 6.95. The molecular weight excluding hydrogens is 590 g/mol. The maximum Gasteiger partial charge on any atom is 0.164 e. The minimum Gasteiger partial charge on any atom is -0.456 e. The predicted molar refractivity (Wildman–Crippen MR) is 194 cm³/mol. The molecule has 0 atom stereocenters. The summed E-state index contributed by atoms with van der Waals surface area (Å²) >= 11 is 0. The monoisotopic (exact) mass is 615 g/mol. The van der Waals surface area contributed by atoms with E-state index >= 15 is 0 Å². The average molecular weight is 616 g/mol. The minimum atomic E-state index is 0.569. The highest BCUT2D eigenvalue weighted by molar-refractivity contribution is 6.21. The standard InChI is InChI=1S/C43H25N3O2/c1-3-12-26(13-4-1)38-30-17-8-7-16-28(30)24-37-40(38)32-23-22-29(25-36(32)48-37)42-44-41(27-14-5-2-6-15-27)45-43(46-42)33-19-11-21-35-39(33)31-18-9-10-20-34(31)47-35/h1-25H. The fourth-order valence-corrected chi connectivity index (χ4v) is 6.95. The van der Waals surface area contributed by atoms with E-state index in [0.717, 1.165) is 71.5 Å². The van der Waals surface area contributed by atoms with Crippen LogP contribution in [0.1, 0.15) is 0 Å². The molecule has 3 aromatic heterocycles. The highest BCUT2D eigenvalue weighted by Gasteiger charge is 2.20. The number of benzene rings is 7. The summed E-state index contributed by atoms with van der Waals surface area (Å²) in [4.78, 5) is 15.1. The van der Waals surface area contributed by atoms with Crippen LogP contribution in [0.15, 0.2) is 160 Å². The van der Waals surface area contributed by atoms with Crippen molar-refractivity contribution in [1.82, 2.24) is 15.0 Å². The molecule has 0 spiro atoms. The quantitative estimate of drug-likeness (QED) is 0.197. The molecule has 0 bridgehead atoms. The molecule has 224 valence electrons. The van der Waals surface area contributed by atoms with Gasteiger partial charge in [0.05, 0.1) is 0 Å². The number of fused-ring (bicyclic) bond motifs is 7. The molecule has 0 amide bonds. The number of hydrogen-bond donors (Lipinski definition) is 0. The van der Waals surface area contributed by atoms with Gasteiger partial charge in [-0.1, -0.05) is 121 Å². The van der Waals surface area contributed by atoms with Crippen LogP contribution in [0.3, 0.4) is 0 Å². The van der Waals surface area contributed by atoms with Gasteiger partial charge in [0.2, 0.25) is 0 Å². The molecule has 5 heteroatoms. The largest absolute Gasteiger partial charge is 0.456 e. The summed E-state index contributed by atoms with van der Waals surface area (Å²) in [7, 11) is 0. The van der Waals surface area contributed by atoms with Gasteiger partial charge >= 0.3 is 0 Å². The molecule has 0 saturated carbocycles. The van der Waals surface area contributed by atoms with Crippen LogP contribution in [0.5, 0.6) is 0 Å². The Morgan fingerprint density at radius 1 is 0.354 bits per heavy atom. The number of hydrogen-bond acceptors (Lipinski definition) is 5. The summed E-state index contributed by atoms with van der Waals surface area (Å²) in [5.41, 5.74) is 8.22. The van der Waals surface area contributed by atoms with Crippen LogP contribution >= 0.6 is 0 Å². The van der Waals surface area contributed by atoms with E-state index < -0.39 is 0 Å². The Bertz CT molecular complexity index is 2840. The number of rotatable bonds is 4. The highest BCUT2D eigenvalue weighted by atomic mass is 16.3. The maximum atomic E-state index is 6.63. The summed E-state index contributed by atoms with van der Waals surface area (Å²) in [6.45, 7) is 0. The molecule has 0 fully saturated rings. The topological polar surface area (TPSA) is 65.0 Å². The van der Waals surface area contributed by atoms with Crippen molar-refractivity contribution < 1.29 is 8.83 Å². The Hall–Kier alpha value is -6.59. The Labute approximate surface area is 274 Å². The zero-order valence-corrected chi connectivity index (χ0v) is 25.6. The third kappa shape index (κ3) is 4.15. The van der Waals surface area contributed by atoms with Crippen molar-refractivity contribution in [1.29, 1.82) is 0 Å². The summed E-state index contributed by atoms with van der Waals surface area (Å²) in [6, 6.07) is 51.6. The van der Waals surface area contributed by atoms with E-state index in [1.165, 1.54) is 10.9 Å². The van der Waals surface area contributed by atoms with Gasteiger partial charge in [-0.05, 0) is 46.7 Å². The normalized spacial score (nSPS) is 11.8. The van der Waals surface area contributed by atoms with Crippen molar-refractivity contribution >= 4 is 54.6 Å². The van der Waals surface area contributed by atoms with Gasteiger partial charge in [0.15, 0.2) is 17.5 Å². The molecule has 10 aromatic rings. The SMILES string of the molecule is c1ccc(-c2nc(-c3ccc4c(c3)oc3cc5ccccc5c(-c5ccccc5)c34)nc(-c3cccc4oc5ccccc5c34)n2)cc1. The van der Waals surface area contributed by atoms with Crippen LogP contribution in [-0.2, 0) is 0 Å². The molecule has 0 aliphatic carbocycles. The van der Waals surface area contributed by atoms with Crippen molar-refractivity contribution in [2.75, 3.05) is 0 Å². The average Bonchev–Trinajstić information content (AvgIpc) is 3.72. The first-order chi connectivity index (χ1) is 23.8. The first-order valence-corrected chi connectivity index (χ1v) is 15.9. The number of aromatic nitrogens is 3. The summed E-state index contributed by atoms with van der Waals surface area (Å²) in [5, 5.41) is 6.48. The first kappa shape index (κ1) is 26.6. The van der Waals surface area contributed by atoms with Gasteiger partial charge in [0, 0.05) is 43.8 Å². The molecule has 0 radical (unpaired) electrons. The van der Waals surface area contributed by atoms with E-state index in [9.17, 15) is 0 Å². The molecule has 0 N–H and O–H groups in total. The number of nitrogens with zero attached hydrogens (tertiary/aromatic N) is 3. The third-order valence-corrected chi connectivity index (χ3v) is 9.12. The van der Waals surface area contributed by atoms with E-state index in [2.05, 4.69) is 84.9 Å². The van der Waals surface area contributed by atoms with E-state index in [-0.39, 0.29) is 0 Å². The van der Waals surface area contributed by atoms with Gasteiger partial charge in [-0.25, -0.2) is 15.0 Å². The second kappa shape index (κ2) is 10.5. The highest BCUT2D eigenvalue weighted by Crippen LogP contribution is 2.43. The van der Waals surface area contributed by atoms with Crippen LogP contribution in [0.4, 0.5) is 0 Å². The Kier molecular flexibility index (Phi) is 5.81. The molecule has 7 aromatic carbocycles. The van der Waals surface area contributed by atoms with Crippen LogP contribution in [0, 0.1) is 0 Å². The van der Waals surface area contributed by atoms with Crippen LogP contribution in [-0.4, -0.2) is 15.0 Å². The van der Waals surface area contributed by atoms with E-state index in [1.807, 2.05) is 66.7 Å². The van der Waals surface area contributed by atoms with Gasteiger partial charge in [-0.2, -0.15) is 0 Å². The minimum absolute atomic E-state index is 0.569. The smallest absolute Gasteiger partial charge is 0.164 e. The second-order valence-electron chi connectivity index (χ2n) is 12.0. The van der Waals surface area contributed by atoms with Crippen LogP contribution in [0.25, 0.3) is 99.9 Å². The number of para-hydroxylation sites is 1. The lowest BCUT2D eigenvalue weighted by atomic mass is 9.93. The van der Waals surface area contributed by atoms with Gasteiger partial charge in [-0.15, -0.1) is 0 Å².